The van der Waals surface area contributed by atoms with Crippen molar-refractivity contribution >= 4 is 71.7 Å². The zero-order valence-corrected chi connectivity index (χ0v) is 25.8. The molecule has 7 aromatic carbocycles. The Balaban J connectivity index is 1.13. The Labute approximate surface area is 272 Å². The Bertz CT molecular complexity index is 2710. The Morgan fingerprint density at radius 3 is 1.96 bits per heavy atom. The smallest absolute Gasteiger partial charge is 0.0561 e. The molecule has 3 nitrogen and oxygen atoms in total. The predicted octanol–water partition coefficient (Wildman–Crippen LogP) is 11.7. The van der Waals surface area contributed by atoms with E-state index in [2.05, 4.69) is 172 Å². The third kappa shape index (κ3) is 4.06. The molecule has 0 atom stereocenters. The van der Waals surface area contributed by atoms with Crippen molar-refractivity contribution in [2.24, 2.45) is 0 Å². The van der Waals surface area contributed by atoms with Crippen LogP contribution in [-0.4, -0.2) is 9.13 Å². The first-order valence-electron chi connectivity index (χ1n) is 16.4. The molecule has 0 amide bonds. The highest BCUT2D eigenvalue weighted by Gasteiger charge is 2.20. The monoisotopic (exact) mass is 601 g/mol. The van der Waals surface area contributed by atoms with Crippen molar-refractivity contribution in [1.82, 2.24) is 9.13 Å². The molecule has 9 aromatic rings. The van der Waals surface area contributed by atoms with Crippen LogP contribution in [0.3, 0.4) is 0 Å². The lowest BCUT2D eigenvalue weighted by Crippen LogP contribution is -2.00. The van der Waals surface area contributed by atoms with E-state index in [9.17, 15) is 0 Å². The van der Waals surface area contributed by atoms with Crippen molar-refractivity contribution in [3.8, 4) is 11.4 Å². The van der Waals surface area contributed by atoms with Crippen molar-refractivity contribution in [2.75, 3.05) is 5.32 Å². The van der Waals surface area contributed by atoms with E-state index in [-0.39, 0.29) is 0 Å². The van der Waals surface area contributed by atoms with Gasteiger partial charge in [-0.15, -0.1) is 0 Å². The summed E-state index contributed by atoms with van der Waals surface area (Å²) in [5.74, 6) is 0. The molecule has 1 aliphatic carbocycles. The molecule has 0 saturated heterocycles. The third-order valence-electron chi connectivity index (χ3n) is 9.92. The summed E-state index contributed by atoms with van der Waals surface area (Å²) in [6.45, 7) is 0. The van der Waals surface area contributed by atoms with Crippen molar-refractivity contribution in [1.29, 1.82) is 0 Å². The van der Waals surface area contributed by atoms with Crippen LogP contribution in [-0.2, 0) is 6.42 Å². The molecule has 0 fully saturated rings. The number of anilines is 2. The Morgan fingerprint density at radius 2 is 1.11 bits per heavy atom. The maximum Gasteiger partial charge on any atom is 0.0561 e. The average molecular weight is 602 g/mol. The van der Waals surface area contributed by atoms with E-state index in [1.807, 2.05) is 0 Å². The fourth-order valence-electron chi connectivity index (χ4n) is 7.79. The highest BCUT2D eigenvalue weighted by molar-refractivity contribution is 6.10. The first kappa shape index (κ1) is 26.2. The molecule has 0 spiro atoms. The molecule has 47 heavy (non-hydrogen) atoms. The van der Waals surface area contributed by atoms with Gasteiger partial charge in [0.05, 0.1) is 16.6 Å². The van der Waals surface area contributed by atoms with Crippen molar-refractivity contribution in [3.63, 3.8) is 0 Å². The van der Waals surface area contributed by atoms with Crippen LogP contribution in [0, 0.1) is 0 Å². The van der Waals surface area contributed by atoms with Gasteiger partial charge in [-0.05, 0) is 101 Å². The fraction of sp³-hybridized carbons (Fsp3) is 0.0455. The van der Waals surface area contributed by atoms with Crippen LogP contribution in [0.1, 0.15) is 17.7 Å². The minimum absolute atomic E-state index is 1.05. The van der Waals surface area contributed by atoms with Crippen molar-refractivity contribution in [3.05, 3.63) is 163 Å². The molecule has 1 aliphatic rings. The summed E-state index contributed by atoms with van der Waals surface area (Å²) in [7, 11) is 0. The summed E-state index contributed by atoms with van der Waals surface area (Å²) in [4.78, 5) is 0. The summed E-state index contributed by atoms with van der Waals surface area (Å²) in [5, 5.41) is 12.7. The molecular weight excluding hydrogens is 571 g/mol. The van der Waals surface area contributed by atoms with Crippen LogP contribution in [0.25, 0.3) is 71.7 Å². The van der Waals surface area contributed by atoms with Gasteiger partial charge in [0.15, 0.2) is 0 Å². The van der Waals surface area contributed by atoms with Gasteiger partial charge < -0.3 is 14.5 Å². The van der Waals surface area contributed by atoms with Crippen molar-refractivity contribution in [2.45, 2.75) is 12.8 Å². The van der Waals surface area contributed by atoms with Gasteiger partial charge in [0, 0.05) is 44.6 Å². The normalized spacial score (nSPS) is 12.9. The molecule has 2 aromatic heterocycles. The van der Waals surface area contributed by atoms with Crippen LogP contribution >= 0.6 is 0 Å². The van der Waals surface area contributed by atoms with Gasteiger partial charge in [0.2, 0.25) is 0 Å². The second-order valence-corrected chi connectivity index (χ2v) is 12.6. The maximum absolute atomic E-state index is 3.78. The van der Waals surface area contributed by atoms with Gasteiger partial charge in [0.25, 0.3) is 0 Å². The summed E-state index contributed by atoms with van der Waals surface area (Å²) in [6.07, 6.45) is 6.76. The van der Waals surface area contributed by atoms with Crippen LogP contribution in [0.2, 0.25) is 0 Å². The Morgan fingerprint density at radius 1 is 0.447 bits per heavy atom. The molecule has 0 aliphatic heterocycles. The number of nitrogens with zero attached hydrogens (tertiary/aromatic N) is 2. The maximum atomic E-state index is 3.78. The van der Waals surface area contributed by atoms with Gasteiger partial charge in [0.1, 0.15) is 0 Å². The second-order valence-electron chi connectivity index (χ2n) is 12.6. The summed E-state index contributed by atoms with van der Waals surface area (Å²) < 4.78 is 4.83. The van der Waals surface area contributed by atoms with Crippen LogP contribution in [0.4, 0.5) is 11.4 Å². The number of nitrogens with one attached hydrogen (secondary N) is 1. The van der Waals surface area contributed by atoms with E-state index < -0.39 is 0 Å². The summed E-state index contributed by atoms with van der Waals surface area (Å²) in [6, 6.07) is 53.0. The molecule has 3 heteroatoms. The number of hydrogen-bond acceptors (Lipinski definition) is 1. The first-order valence-corrected chi connectivity index (χ1v) is 16.4. The highest BCUT2D eigenvalue weighted by atomic mass is 15.0. The molecule has 0 radical (unpaired) electrons. The summed E-state index contributed by atoms with van der Waals surface area (Å²) >= 11 is 0. The van der Waals surface area contributed by atoms with Crippen LogP contribution in [0.15, 0.2) is 152 Å². The van der Waals surface area contributed by atoms with E-state index in [1.165, 1.54) is 71.2 Å². The Hall–Kier alpha value is -6.06. The number of para-hydroxylation sites is 2. The Kier molecular flexibility index (Phi) is 5.70. The lowest BCUT2D eigenvalue weighted by molar-refractivity contribution is 0.968. The standard InChI is InChI=1S/C44H31N3/c1-2-11-33(12-3-1)46-41-16-8-6-14-36(41)38-24-21-31(26-43(38)46)45-32-22-25-39-37-15-7-9-17-42(37)47(44(39)27-32)34-23-20-30-19-18-29-10-4-5-13-35(29)40(30)28-34/h1-6,8-14,16-28,45H,7,15H2. The van der Waals surface area contributed by atoms with Gasteiger partial charge in [-0.25, -0.2) is 0 Å². The molecule has 0 bridgehead atoms. The summed E-state index contributed by atoms with van der Waals surface area (Å²) in [5.41, 5.74) is 10.8. The SMILES string of the molecule is C1=Cc2c(c3ccc(Nc4ccc5c6ccccc6n(-c6ccccc6)c5c4)cc3n2-c2ccc3ccc4ccccc4c3c2)CC1. The molecule has 10 rings (SSSR count). The lowest BCUT2D eigenvalue weighted by atomic mass is 10.0. The quantitative estimate of drug-likeness (QED) is 0.199. The van der Waals surface area contributed by atoms with E-state index >= 15 is 0 Å². The zero-order valence-electron chi connectivity index (χ0n) is 25.8. The minimum atomic E-state index is 1.05. The topological polar surface area (TPSA) is 21.9 Å². The van der Waals surface area contributed by atoms with Crippen LogP contribution < -0.4 is 5.32 Å². The largest absolute Gasteiger partial charge is 0.355 e. The first-order chi connectivity index (χ1) is 23.3. The second kappa shape index (κ2) is 10.2. The number of aryl methyl sites for hydroxylation is 1. The number of aromatic nitrogens is 2. The molecular formula is C44H31N3. The predicted molar refractivity (Wildman–Crippen MR) is 200 cm³/mol. The van der Waals surface area contributed by atoms with E-state index in [0.717, 1.165) is 29.9 Å². The number of rotatable bonds is 4. The lowest BCUT2D eigenvalue weighted by Gasteiger charge is -2.14. The van der Waals surface area contributed by atoms with Crippen LogP contribution in [0.5, 0.6) is 0 Å². The van der Waals surface area contributed by atoms with E-state index in [4.69, 9.17) is 0 Å². The number of allylic oxidation sites excluding steroid dienone is 1. The average Bonchev–Trinajstić information content (AvgIpc) is 3.64. The number of benzene rings is 7. The van der Waals surface area contributed by atoms with Gasteiger partial charge in [-0.1, -0.05) is 97.1 Å². The fourth-order valence-corrected chi connectivity index (χ4v) is 7.79. The zero-order chi connectivity index (χ0) is 30.9. The van der Waals surface area contributed by atoms with Gasteiger partial charge >= 0.3 is 0 Å². The molecule has 0 saturated carbocycles. The van der Waals surface area contributed by atoms with E-state index in [1.54, 1.807) is 0 Å². The molecule has 222 valence electrons. The number of fused-ring (bicyclic) bond motifs is 9. The third-order valence-corrected chi connectivity index (χ3v) is 9.92. The molecule has 2 heterocycles. The van der Waals surface area contributed by atoms with Crippen molar-refractivity contribution < 1.29 is 0 Å². The minimum Gasteiger partial charge on any atom is -0.355 e. The number of hydrogen-bond donors (Lipinski definition) is 1. The highest BCUT2D eigenvalue weighted by Crippen LogP contribution is 2.38. The van der Waals surface area contributed by atoms with Gasteiger partial charge in [-0.2, -0.15) is 0 Å². The molecule has 1 N–H and O–H groups in total. The molecule has 0 unspecified atom stereocenters. The van der Waals surface area contributed by atoms with E-state index in [0.29, 0.717) is 0 Å². The van der Waals surface area contributed by atoms with Gasteiger partial charge in [-0.3, -0.25) is 0 Å².